The highest BCUT2D eigenvalue weighted by atomic mass is 32.2. The number of para-hydroxylation sites is 1. The Morgan fingerprint density at radius 3 is 2.00 bits per heavy atom. The van der Waals surface area contributed by atoms with Gasteiger partial charge in [-0.05, 0) is 83.0 Å². The zero-order valence-electron chi connectivity index (χ0n) is 29.3. The highest BCUT2D eigenvalue weighted by Crippen LogP contribution is 2.36. The molecule has 0 radical (unpaired) electrons. The van der Waals surface area contributed by atoms with Crippen LogP contribution in [0.1, 0.15) is 94.5 Å². The summed E-state index contributed by atoms with van der Waals surface area (Å²) in [7, 11) is -3.05. The topological polar surface area (TPSA) is 132 Å². The van der Waals surface area contributed by atoms with E-state index in [9.17, 15) is 31.2 Å². The van der Waals surface area contributed by atoms with Crippen LogP contribution in [0.4, 0.5) is 13.2 Å². The average molecular weight is 728 g/mol. The zero-order chi connectivity index (χ0) is 36.6. The number of halogens is 3. The van der Waals surface area contributed by atoms with Crippen LogP contribution in [0, 0.1) is 0 Å². The SMILES string of the molecule is CC(C)n1c(=O)c(C(=O)NC2C[C@H]3CC[C@@H](C2)N3CCCCCCCCN2CCN(S(C)(=O)=O)CC2)cc2ccccc21.O=C(O)C(F)(F)F. The first-order chi connectivity index (χ1) is 23.6. The summed E-state index contributed by atoms with van der Waals surface area (Å²) in [5.41, 5.74) is 0.906. The van der Waals surface area contributed by atoms with Gasteiger partial charge < -0.3 is 19.9 Å². The molecule has 3 saturated heterocycles. The maximum atomic E-state index is 13.4. The molecule has 1 aromatic carbocycles. The number of fused-ring (bicyclic) bond motifs is 3. The van der Waals surface area contributed by atoms with Crippen molar-refractivity contribution in [2.24, 2.45) is 0 Å². The molecule has 2 bridgehead atoms. The number of unbranched alkanes of at least 4 members (excludes halogenated alkanes) is 5. The number of carbonyl (C=O) groups excluding carboxylic acids is 1. The Kier molecular flexibility index (Phi) is 13.9. The summed E-state index contributed by atoms with van der Waals surface area (Å²) >= 11 is 0. The number of rotatable bonds is 13. The summed E-state index contributed by atoms with van der Waals surface area (Å²) in [6.45, 7) is 9.11. The maximum Gasteiger partial charge on any atom is 0.490 e. The number of benzene rings is 1. The van der Waals surface area contributed by atoms with Crippen LogP contribution >= 0.6 is 0 Å². The molecular formula is C35H52F3N5O6S. The summed E-state index contributed by atoms with van der Waals surface area (Å²) in [6.07, 6.45) is 7.98. The fourth-order valence-electron chi connectivity index (χ4n) is 7.60. The predicted molar refractivity (Wildman–Crippen MR) is 187 cm³/mol. The quantitative estimate of drug-likeness (QED) is 0.280. The van der Waals surface area contributed by atoms with E-state index in [-0.39, 0.29) is 29.1 Å². The number of piperazine rings is 1. The fraction of sp³-hybridized carbons (Fsp3) is 0.686. The minimum Gasteiger partial charge on any atom is -0.475 e. The van der Waals surface area contributed by atoms with E-state index < -0.39 is 22.2 Å². The van der Waals surface area contributed by atoms with Gasteiger partial charge >= 0.3 is 12.1 Å². The van der Waals surface area contributed by atoms with Crippen molar-refractivity contribution in [3.05, 3.63) is 46.2 Å². The van der Waals surface area contributed by atoms with Gasteiger partial charge in [-0.25, -0.2) is 13.2 Å². The van der Waals surface area contributed by atoms with Crippen molar-refractivity contribution in [2.75, 3.05) is 45.5 Å². The Morgan fingerprint density at radius 2 is 1.46 bits per heavy atom. The largest absolute Gasteiger partial charge is 0.490 e. The lowest BCUT2D eigenvalue weighted by Crippen LogP contribution is -2.51. The van der Waals surface area contributed by atoms with E-state index in [0.29, 0.717) is 25.2 Å². The van der Waals surface area contributed by atoms with Gasteiger partial charge in [-0.1, -0.05) is 43.9 Å². The first-order valence-corrected chi connectivity index (χ1v) is 19.6. The number of pyridine rings is 1. The van der Waals surface area contributed by atoms with Gasteiger partial charge in [-0.2, -0.15) is 17.5 Å². The van der Waals surface area contributed by atoms with Crippen molar-refractivity contribution in [2.45, 2.75) is 108 Å². The first-order valence-electron chi connectivity index (χ1n) is 17.7. The number of amides is 1. The molecule has 15 heteroatoms. The van der Waals surface area contributed by atoms with E-state index >= 15 is 0 Å². The molecule has 0 spiro atoms. The Hall–Kier alpha value is -3.01. The number of hydrogen-bond acceptors (Lipinski definition) is 7. The number of piperidine rings is 1. The number of alkyl halides is 3. The number of nitrogens with zero attached hydrogens (tertiary/aromatic N) is 4. The van der Waals surface area contributed by atoms with Gasteiger partial charge in [-0.15, -0.1) is 0 Å². The van der Waals surface area contributed by atoms with Crippen molar-refractivity contribution in [1.29, 1.82) is 0 Å². The molecule has 2 N–H and O–H groups in total. The first kappa shape index (κ1) is 39.8. The number of hydrogen-bond donors (Lipinski definition) is 2. The summed E-state index contributed by atoms with van der Waals surface area (Å²) in [5, 5.41) is 11.3. The van der Waals surface area contributed by atoms with Crippen LogP contribution in [0.15, 0.2) is 35.1 Å². The molecule has 4 heterocycles. The number of carboxylic acid groups (broad SMARTS) is 1. The predicted octanol–water partition coefficient (Wildman–Crippen LogP) is 4.86. The van der Waals surface area contributed by atoms with E-state index in [1.54, 1.807) is 14.9 Å². The molecule has 1 amide bonds. The zero-order valence-corrected chi connectivity index (χ0v) is 30.1. The van der Waals surface area contributed by atoms with E-state index in [4.69, 9.17) is 9.90 Å². The van der Waals surface area contributed by atoms with Crippen molar-refractivity contribution in [1.82, 2.24) is 24.0 Å². The molecule has 0 saturated carbocycles. The summed E-state index contributed by atoms with van der Waals surface area (Å²) in [6, 6.07) is 10.7. The monoisotopic (exact) mass is 727 g/mol. The van der Waals surface area contributed by atoms with Crippen LogP contribution in [0.5, 0.6) is 0 Å². The van der Waals surface area contributed by atoms with Crippen LogP contribution in [-0.4, -0.2) is 114 Å². The van der Waals surface area contributed by atoms with Gasteiger partial charge in [0.05, 0.1) is 11.8 Å². The molecule has 280 valence electrons. The van der Waals surface area contributed by atoms with Crippen LogP contribution in [0.25, 0.3) is 10.9 Å². The van der Waals surface area contributed by atoms with Crippen molar-refractivity contribution in [3.63, 3.8) is 0 Å². The van der Waals surface area contributed by atoms with E-state index in [1.807, 2.05) is 38.1 Å². The van der Waals surface area contributed by atoms with Gasteiger partial charge in [-0.3, -0.25) is 14.5 Å². The second kappa shape index (κ2) is 17.5. The Morgan fingerprint density at radius 1 is 0.920 bits per heavy atom. The molecule has 5 rings (SSSR count). The smallest absolute Gasteiger partial charge is 0.475 e. The van der Waals surface area contributed by atoms with Crippen LogP contribution in [-0.2, 0) is 14.8 Å². The van der Waals surface area contributed by atoms with Crippen LogP contribution < -0.4 is 10.9 Å². The minimum absolute atomic E-state index is 0.0268. The third-order valence-corrected chi connectivity index (χ3v) is 11.4. The normalized spacial score (nSPS) is 22.0. The number of sulfonamides is 1. The number of nitrogens with one attached hydrogen (secondary N) is 1. The highest BCUT2D eigenvalue weighted by Gasteiger charge is 2.41. The van der Waals surface area contributed by atoms with Gasteiger partial charge in [0.2, 0.25) is 10.0 Å². The van der Waals surface area contributed by atoms with Crippen molar-refractivity contribution < 1.29 is 36.3 Å². The lowest BCUT2D eigenvalue weighted by molar-refractivity contribution is -0.192. The molecule has 50 heavy (non-hydrogen) atoms. The van der Waals surface area contributed by atoms with Crippen LogP contribution in [0.2, 0.25) is 0 Å². The molecule has 3 fully saturated rings. The Labute approximate surface area is 292 Å². The van der Waals surface area contributed by atoms with Crippen molar-refractivity contribution >= 4 is 32.8 Å². The van der Waals surface area contributed by atoms with Gasteiger partial charge in [0.1, 0.15) is 5.56 Å². The minimum atomic E-state index is -5.08. The Balaban J connectivity index is 0.000000727. The third kappa shape index (κ3) is 10.8. The molecule has 3 aliphatic rings. The summed E-state index contributed by atoms with van der Waals surface area (Å²) in [4.78, 5) is 40.7. The highest BCUT2D eigenvalue weighted by molar-refractivity contribution is 7.88. The van der Waals surface area contributed by atoms with E-state index in [1.165, 1.54) is 57.6 Å². The molecule has 11 nitrogen and oxygen atoms in total. The summed E-state index contributed by atoms with van der Waals surface area (Å²) < 4.78 is 58.4. The average Bonchev–Trinajstić information content (AvgIpc) is 3.28. The Bertz CT molecular complexity index is 1610. The van der Waals surface area contributed by atoms with Crippen molar-refractivity contribution in [3.8, 4) is 0 Å². The van der Waals surface area contributed by atoms with E-state index in [0.717, 1.165) is 49.9 Å². The number of aromatic nitrogens is 1. The molecule has 0 aliphatic carbocycles. The fourth-order valence-corrected chi connectivity index (χ4v) is 8.43. The third-order valence-electron chi connectivity index (χ3n) is 10.1. The number of aliphatic carboxylic acids is 1. The number of carbonyl (C=O) groups is 2. The second-order valence-electron chi connectivity index (χ2n) is 14.1. The van der Waals surface area contributed by atoms with Gasteiger partial charge in [0.25, 0.3) is 11.5 Å². The van der Waals surface area contributed by atoms with Gasteiger partial charge in [0.15, 0.2) is 0 Å². The maximum absolute atomic E-state index is 13.4. The van der Waals surface area contributed by atoms with Gasteiger partial charge in [0, 0.05) is 50.3 Å². The molecule has 1 unspecified atom stereocenters. The van der Waals surface area contributed by atoms with Crippen LogP contribution in [0.3, 0.4) is 0 Å². The molecule has 3 atom stereocenters. The lowest BCUT2D eigenvalue weighted by Gasteiger charge is -2.39. The number of carboxylic acids is 1. The van der Waals surface area contributed by atoms with E-state index in [2.05, 4.69) is 15.1 Å². The second-order valence-corrected chi connectivity index (χ2v) is 16.1. The molecule has 1 aromatic heterocycles. The molecular weight excluding hydrogens is 675 g/mol. The molecule has 3 aliphatic heterocycles. The standard InChI is InChI=1S/C33H51N5O4S.C2HF3O2/c1-25(2)38-31-13-9-8-12-26(31)22-30(33(38)40)32(39)34-27-23-28-14-15-29(24-27)37(28)17-11-7-5-4-6-10-16-35-18-20-36(21-19-35)43(3,41)42;3-2(4,5)1(6)7/h8-9,12-13,22,25,27-29H,4-7,10-11,14-21,23-24H2,1-3H3,(H,34,39);(H,6,7)/t27?,28-,29+;. The summed E-state index contributed by atoms with van der Waals surface area (Å²) in [5.74, 6) is -2.99. The lowest BCUT2D eigenvalue weighted by atomic mass is 9.96. The molecule has 2 aromatic rings.